The van der Waals surface area contributed by atoms with Crippen molar-refractivity contribution in [3.63, 3.8) is 0 Å². The quantitative estimate of drug-likeness (QED) is 0.246. The van der Waals surface area contributed by atoms with Gasteiger partial charge in [-0.15, -0.1) is 0 Å². The van der Waals surface area contributed by atoms with E-state index >= 15 is 0 Å². The molecule has 0 saturated heterocycles. The summed E-state index contributed by atoms with van der Waals surface area (Å²) >= 11 is 12.3. The van der Waals surface area contributed by atoms with E-state index in [4.69, 9.17) is 37.9 Å². The van der Waals surface area contributed by atoms with Gasteiger partial charge in [0.25, 0.3) is 0 Å². The van der Waals surface area contributed by atoms with Crippen molar-refractivity contribution >= 4 is 39.5 Å². The molecule has 0 radical (unpaired) electrons. The zero-order valence-corrected chi connectivity index (χ0v) is 23.6. The van der Waals surface area contributed by atoms with Crippen molar-refractivity contribution in [2.75, 3.05) is 26.0 Å². The lowest BCUT2D eigenvalue weighted by Gasteiger charge is -2.37. The van der Waals surface area contributed by atoms with Crippen molar-refractivity contribution in [3.05, 3.63) is 122 Å². The van der Waals surface area contributed by atoms with Crippen LogP contribution < -0.4 is 5.73 Å². The lowest BCUT2D eigenvalue weighted by atomic mass is 9.98. The van der Waals surface area contributed by atoms with Crippen molar-refractivity contribution in [3.8, 4) is 0 Å². The Hall–Kier alpha value is -2.61. The van der Waals surface area contributed by atoms with E-state index in [1.807, 2.05) is 42.0 Å². The Morgan fingerprint density at radius 1 is 1.05 bits per heavy atom. The van der Waals surface area contributed by atoms with Gasteiger partial charge in [0, 0.05) is 35.5 Å². The minimum Gasteiger partial charge on any atom is -0.404 e. The minimum atomic E-state index is -2.04. The summed E-state index contributed by atoms with van der Waals surface area (Å²) in [6.45, 7) is 1.14. The fourth-order valence-electron chi connectivity index (χ4n) is 4.16. The predicted molar refractivity (Wildman–Crippen MR) is 158 cm³/mol. The van der Waals surface area contributed by atoms with Gasteiger partial charge in [0.15, 0.2) is 0 Å². The number of aromatic nitrogens is 1. The average Bonchev–Trinajstić information content (AvgIpc) is 2.92. The summed E-state index contributed by atoms with van der Waals surface area (Å²) in [6.07, 6.45) is 10.5. The van der Waals surface area contributed by atoms with E-state index in [1.54, 1.807) is 18.3 Å². The summed E-state index contributed by atoms with van der Waals surface area (Å²) in [5.74, 6) is -0.453. The van der Waals surface area contributed by atoms with E-state index in [2.05, 4.69) is 35.3 Å². The maximum Gasteiger partial charge on any atom is 0.350 e. The molecule has 0 bridgehead atoms. The number of benzene rings is 2. The Morgan fingerprint density at radius 3 is 2.58 bits per heavy atom. The molecule has 0 amide bonds. The average molecular weight is 572 g/mol. The number of halogens is 2. The molecule has 2 unspecified atom stereocenters. The van der Waals surface area contributed by atoms with Crippen molar-refractivity contribution in [2.24, 2.45) is 5.73 Å². The van der Waals surface area contributed by atoms with Crippen molar-refractivity contribution in [1.29, 1.82) is 0 Å². The minimum absolute atomic E-state index is 0.0441. The topological polar surface area (TPSA) is 74.4 Å². The Labute approximate surface area is 236 Å². The first-order valence-electron chi connectivity index (χ1n) is 12.5. The molecule has 1 aromatic heterocycles. The van der Waals surface area contributed by atoms with Crippen LogP contribution in [0, 0.1) is 0 Å². The molecule has 8 heteroatoms. The molecule has 0 aliphatic carbocycles. The monoisotopic (exact) mass is 570 g/mol. The number of aryl methyl sites for hydroxylation is 2. The number of nitrogens with zero attached hydrogens (tertiary/aromatic N) is 1. The number of rotatable bonds is 11. The van der Waals surface area contributed by atoms with Crippen LogP contribution in [0.3, 0.4) is 0 Å². The first kappa shape index (κ1) is 28.4. The third-order valence-electron chi connectivity index (χ3n) is 6.32. The highest BCUT2D eigenvalue weighted by atomic mass is 35.5. The molecule has 0 spiro atoms. The van der Waals surface area contributed by atoms with E-state index in [-0.39, 0.29) is 5.92 Å². The summed E-state index contributed by atoms with van der Waals surface area (Å²) in [5.41, 5.74) is 9.30. The normalized spacial score (nSPS) is 20.4. The van der Waals surface area contributed by atoms with Gasteiger partial charge in [0.2, 0.25) is 0 Å². The summed E-state index contributed by atoms with van der Waals surface area (Å²) in [4.78, 5) is 18.6. The molecule has 0 saturated carbocycles. The van der Waals surface area contributed by atoms with E-state index in [1.165, 1.54) is 5.56 Å². The first-order chi connectivity index (χ1) is 18.4. The van der Waals surface area contributed by atoms with Crippen LogP contribution in [0.4, 0.5) is 0 Å². The van der Waals surface area contributed by atoms with Gasteiger partial charge in [-0.2, -0.15) is 0 Å². The Kier molecular flexibility index (Phi) is 10.1. The van der Waals surface area contributed by atoms with Crippen LogP contribution in [0.25, 0.3) is 0 Å². The maximum atomic E-state index is 13.1. The van der Waals surface area contributed by atoms with Crippen LogP contribution in [0.5, 0.6) is 0 Å². The molecular weight excluding hydrogens is 539 g/mol. The molecule has 2 heterocycles. The molecule has 0 fully saturated rings. The zero-order chi connectivity index (χ0) is 27.0. The number of carbonyl (C=O) groups excluding carboxylic acids is 1. The smallest absolute Gasteiger partial charge is 0.350 e. The lowest BCUT2D eigenvalue weighted by molar-refractivity contribution is 0.0760. The number of hydrogen-bond donors (Lipinski definition) is 1. The number of nitrogens with two attached hydrogens (primary N) is 1. The molecular formula is C30H32Cl2N2O3S. The SMILES string of the molecule is CS1(OC(=O)c2ccc(CCCc3ccccc3)nc2)C=CC(c2ccc(Cl)c(Cl)c2)C=C1COCCN. The number of carbonyl (C=O) groups is 1. The third kappa shape index (κ3) is 7.49. The second kappa shape index (κ2) is 13.5. The molecule has 2 N–H and O–H groups in total. The number of ether oxygens (including phenoxy) is 1. The molecule has 5 nitrogen and oxygen atoms in total. The number of allylic oxidation sites excluding steroid dienone is 2. The van der Waals surface area contributed by atoms with Crippen molar-refractivity contribution < 1.29 is 13.7 Å². The van der Waals surface area contributed by atoms with Crippen LogP contribution in [0.2, 0.25) is 10.0 Å². The molecule has 38 heavy (non-hydrogen) atoms. The largest absolute Gasteiger partial charge is 0.404 e. The standard InChI is InChI=1S/C30H32Cl2N2O3S/c1-38(17-14-24(18-27(38)21-36-16-15-33)23-11-13-28(31)29(32)19-23)37-30(35)25-10-12-26(34-20-25)9-5-8-22-6-3-2-4-7-22/h2-4,6-7,10-14,17-20,24H,5,8-9,15-16,21,33H2,1H3. The fraction of sp³-hybridized carbons (Fsp3) is 0.267. The number of hydrogen-bond acceptors (Lipinski definition) is 5. The van der Waals surface area contributed by atoms with Gasteiger partial charge in [-0.3, -0.25) is 4.98 Å². The van der Waals surface area contributed by atoms with Gasteiger partial charge in [-0.05, 0) is 70.4 Å². The van der Waals surface area contributed by atoms with Gasteiger partial charge < -0.3 is 14.7 Å². The van der Waals surface area contributed by atoms with E-state index < -0.39 is 16.3 Å². The highest BCUT2D eigenvalue weighted by Crippen LogP contribution is 2.58. The number of pyridine rings is 1. The van der Waals surface area contributed by atoms with E-state index in [0.717, 1.165) is 35.4 Å². The highest BCUT2D eigenvalue weighted by molar-refractivity contribution is 8.35. The van der Waals surface area contributed by atoms with Gasteiger partial charge in [-0.1, -0.05) is 71.8 Å². The Balaban J connectivity index is 1.43. The molecule has 200 valence electrons. The maximum absolute atomic E-state index is 13.1. The summed E-state index contributed by atoms with van der Waals surface area (Å²) < 4.78 is 11.9. The fourth-order valence-corrected chi connectivity index (χ4v) is 6.42. The molecule has 2 atom stereocenters. The molecule has 1 aliphatic heterocycles. The van der Waals surface area contributed by atoms with Crippen LogP contribution in [0.1, 0.15) is 39.5 Å². The van der Waals surface area contributed by atoms with E-state index in [0.29, 0.717) is 35.4 Å². The zero-order valence-electron chi connectivity index (χ0n) is 21.3. The van der Waals surface area contributed by atoms with Gasteiger partial charge in [-0.25, -0.2) is 4.79 Å². The van der Waals surface area contributed by atoms with Gasteiger partial charge in [0.05, 0.1) is 28.8 Å². The molecule has 4 rings (SSSR count). The summed E-state index contributed by atoms with van der Waals surface area (Å²) in [7, 11) is -2.04. The first-order valence-corrected chi connectivity index (χ1v) is 15.3. The summed E-state index contributed by atoms with van der Waals surface area (Å²) in [6, 6.07) is 19.6. The Bertz CT molecular complexity index is 1300. The van der Waals surface area contributed by atoms with Crippen LogP contribution >= 0.6 is 33.5 Å². The van der Waals surface area contributed by atoms with Crippen LogP contribution in [0.15, 0.2) is 89.3 Å². The van der Waals surface area contributed by atoms with E-state index in [9.17, 15) is 4.79 Å². The predicted octanol–water partition coefficient (Wildman–Crippen LogP) is 7.24. The molecule has 2 aromatic carbocycles. The van der Waals surface area contributed by atoms with Crippen LogP contribution in [-0.2, 0) is 21.8 Å². The van der Waals surface area contributed by atoms with Gasteiger partial charge in [0.1, 0.15) is 0 Å². The van der Waals surface area contributed by atoms with Crippen molar-refractivity contribution in [1.82, 2.24) is 4.98 Å². The van der Waals surface area contributed by atoms with Gasteiger partial charge >= 0.3 is 5.97 Å². The summed E-state index contributed by atoms with van der Waals surface area (Å²) in [5, 5.41) is 2.98. The highest BCUT2D eigenvalue weighted by Gasteiger charge is 2.30. The second-order valence-corrected chi connectivity index (χ2v) is 12.7. The third-order valence-corrected chi connectivity index (χ3v) is 9.53. The lowest BCUT2D eigenvalue weighted by Crippen LogP contribution is -2.18. The Morgan fingerprint density at radius 2 is 1.87 bits per heavy atom. The van der Waals surface area contributed by atoms with Crippen molar-refractivity contribution in [2.45, 2.75) is 25.2 Å². The second-order valence-electron chi connectivity index (χ2n) is 9.15. The molecule has 3 aromatic rings. The molecule has 1 aliphatic rings. The van der Waals surface area contributed by atoms with Crippen LogP contribution in [-0.4, -0.2) is 37.0 Å².